The molecule has 0 saturated carbocycles. The van der Waals surface area contributed by atoms with Crippen LogP contribution < -0.4 is 5.43 Å². The number of fused-ring (bicyclic) bond motifs is 1. The van der Waals surface area contributed by atoms with Gasteiger partial charge in [0.2, 0.25) is 0 Å². The maximum atomic E-state index is 12.3. The third-order valence-corrected chi connectivity index (χ3v) is 3.70. The number of hydrogen-bond donors (Lipinski definition) is 1. The van der Waals surface area contributed by atoms with E-state index >= 15 is 0 Å². The number of nitrogens with zero attached hydrogens (tertiary/aromatic N) is 1. The van der Waals surface area contributed by atoms with Crippen molar-refractivity contribution in [2.75, 3.05) is 13.1 Å². The first kappa shape index (κ1) is 12.4. The minimum Gasteiger partial charge on any atom is -0.464 e. The first-order chi connectivity index (χ1) is 9.24. The maximum absolute atomic E-state index is 12.3. The molecular weight excluding hydrogens is 242 g/mol. The summed E-state index contributed by atoms with van der Waals surface area (Å²) in [6.07, 6.45) is 2.93. The summed E-state index contributed by atoms with van der Waals surface area (Å²) in [6, 6.07) is 7.31. The van der Waals surface area contributed by atoms with Crippen LogP contribution in [0.25, 0.3) is 11.0 Å². The summed E-state index contributed by atoms with van der Waals surface area (Å²) in [7, 11) is 0. The highest BCUT2D eigenvalue weighted by atomic mass is 16.3. The van der Waals surface area contributed by atoms with Gasteiger partial charge >= 0.3 is 0 Å². The number of piperidine rings is 1. The Morgan fingerprint density at radius 2 is 2.00 bits per heavy atom. The van der Waals surface area contributed by atoms with E-state index in [1.54, 1.807) is 18.4 Å². The Labute approximate surface area is 111 Å². The third-order valence-electron chi connectivity index (χ3n) is 3.70. The smallest absolute Gasteiger partial charge is 0.197 e. The highest BCUT2D eigenvalue weighted by Crippen LogP contribution is 2.15. The van der Waals surface area contributed by atoms with Crippen LogP contribution in [0.5, 0.6) is 0 Å². The molecule has 4 heteroatoms. The van der Waals surface area contributed by atoms with Gasteiger partial charge in [-0.3, -0.25) is 9.69 Å². The molecule has 0 amide bonds. The lowest BCUT2D eigenvalue weighted by molar-refractivity contribution is 0.0789. The van der Waals surface area contributed by atoms with Crippen molar-refractivity contribution < 1.29 is 9.52 Å². The molecule has 1 aromatic carbocycles. The maximum Gasteiger partial charge on any atom is 0.197 e. The van der Waals surface area contributed by atoms with Crippen LogP contribution in [-0.2, 0) is 6.54 Å². The van der Waals surface area contributed by atoms with E-state index in [-0.39, 0.29) is 11.5 Å². The molecule has 0 atom stereocenters. The van der Waals surface area contributed by atoms with Gasteiger partial charge in [0.25, 0.3) is 0 Å². The van der Waals surface area contributed by atoms with Crippen LogP contribution >= 0.6 is 0 Å². The number of para-hydroxylation sites is 1. The third kappa shape index (κ3) is 2.55. The Morgan fingerprint density at radius 3 is 2.79 bits per heavy atom. The van der Waals surface area contributed by atoms with Crippen LogP contribution in [0.3, 0.4) is 0 Å². The van der Waals surface area contributed by atoms with Gasteiger partial charge in [0.15, 0.2) is 5.43 Å². The van der Waals surface area contributed by atoms with Crippen molar-refractivity contribution >= 4 is 11.0 Å². The van der Waals surface area contributed by atoms with E-state index in [1.165, 1.54) is 0 Å². The van der Waals surface area contributed by atoms with E-state index in [4.69, 9.17) is 4.42 Å². The van der Waals surface area contributed by atoms with Crippen molar-refractivity contribution in [3.05, 3.63) is 46.3 Å². The number of aliphatic hydroxyl groups excluding tert-OH is 1. The van der Waals surface area contributed by atoms with E-state index < -0.39 is 0 Å². The lowest BCUT2D eigenvalue weighted by Crippen LogP contribution is -2.36. The molecule has 2 aromatic rings. The minimum absolute atomic E-state index is 0.0490. The Bertz CT molecular complexity index is 627. The molecule has 100 valence electrons. The molecular formula is C15H17NO3. The van der Waals surface area contributed by atoms with Crippen LogP contribution in [0.4, 0.5) is 0 Å². The number of benzene rings is 1. The molecule has 0 bridgehead atoms. The SMILES string of the molecule is O=c1c(CN2CCC(O)CC2)coc2ccccc12. The Kier molecular flexibility index (Phi) is 3.36. The quantitative estimate of drug-likeness (QED) is 0.892. The van der Waals surface area contributed by atoms with Gasteiger partial charge in [-0.25, -0.2) is 0 Å². The fourth-order valence-electron chi connectivity index (χ4n) is 2.55. The van der Waals surface area contributed by atoms with Crippen LogP contribution in [0.15, 0.2) is 39.7 Å². The van der Waals surface area contributed by atoms with Gasteiger partial charge in [-0.15, -0.1) is 0 Å². The van der Waals surface area contributed by atoms with Gasteiger partial charge in [0, 0.05) is 25.2 Å². The fourth-order valence-corrected chi connectivity index (χ4v) is 2.55. The first-order valence-electron chi connectivity index (χ1n) is 6.64. The molecule has 1 aliphatic rings. The van der Waals surface area contributed by atoms with E-state index in [0.717, 1.165) is 25.9 Å². The molecule has 3 rings (SSSR count). The zero-order valence-electron chi connectivity index (χ0n) is 10.7. The molecule has 1 fully saturated rings. The standard InChI is InChI=1S/C15H17NO3/c17-12-5-7-16(8-6-12)9-11-10-19-14-4-2-1-3-13(14)15(11)18/h1-4,10,12,17H,5-9H2. The van der Waals surface area contributed by atoms with Crippen LogP contribution in [-0.4, -0.2) is 29.2 Å². The van der Waals surface area contributed by atoms with Crippen LogP contribution in [0.1, 0.15) is 18.4 Å². The normalized spacial score (nSPS) is 17.9. The number of hydrogen-bond acceptors (Lipinski definition) is 4. The molecule has 4 nitrogen and oxygen atoms in total. The second-order valence-electron chi connectivity index (χ2n) is 5.09. The largest absolute Gasteiger partial charge is 0.464 e. The summed E-state index contributed by atoms with van der Waals surface area (Å²) in [5.74, 6) is 0. The summed E-state index contributed by atoms with van der Waals surface area (Å²) in [6.45, 7) is 2.25. The highest BCUT2D eigenvalue weighted by molar-refractivity contribution is 5.76. The second kappa shape index (κ2) is 5.15. The predicted octanol–water partition coefficient (Wildman–Crippen LogP) is 1.75. The molecule has 1 saturated heterocycles. The highest BCUT2D eigenvalue weighted by Gasteiger charge is 2.18. The summed E-state index contributed by atoms with van der Waals surface area (Å²) < 4.78 is 5.51. The van der Waals surface area contributed by atoms with Gasteiger partial charge in [-0.05, 0) is 25.0 Å². The van der Waals surface area contributed by atoms with Crippen molar-refractivity contribution in [1.29, 1.82) is 0 Å². The molecule has 0 aliphatic carbocycles. The summed E-state index contributed by atoms with van der Waals surface area (Å²) in [5, 5.41) is 10.1. The molecule has 1 aromatic heterocycles. The van der Waals surface area contributed by atoms with E-state index in [9.17, 15) is 9.90 Å². The number of rotatable bonds is 2. The van der Waals surface area contributed by atoms with Crippen LogP contribution in [0, 0.1) is 0 Å². The van der Waals surface area contributed by atoms with Gasteiger partial charge in [-0.1, -0.05) is 12.1 Å². The number of likely N-dealkylation sites (tertiary alicyclic amines) is 1. The average molecular weight is 259 g/mol. The van der Waals surface area contributed by atoms with Crippen molar-refractivity contribution in [2.24, 2.45) is 0 Å². The zero-order valence-corrected chi connectivity index (χ0v) is 10.7. The van der Waals surface area contributed by atoms with Gasteiger partial charge in [-0.2, -0.15) is 0 Å². The van der Waals surface area contributed by atoms with Gasteiger partial charge in [0.05, 0.1) is 17.8 Å². The minimum atomic E-state index is -0.190. The molecule has 1 aliphatic heterocycles. The Morgan fingerprint density at radius 1 is 1.26 bits per heavy atom. The van der Waals surface area contributed by atoms with Crippen LogP contribution in [0.2, 0.25) is 0 Å². The fraction of sp³-hybridized carbons (Fsp3) is 0.400. The van der Waals surface area contributed by atoms with Crippen molar-refractivity contribution in [1.82, 2.24) is 4.90 Å². The lowest BCUT2D eigenvalue weighted by Gasteiger charge is -2.29. The van der Waals surface area contributed by atoms with Crippen molar-refractivity contribution in [3.8, 4) is 0 Å². The van der Waals surface area contributed by atoms with Crippen molar-refractivity contribution in [3.63, 3.8) is 0 Å². The monoisotopic (exact) mass is 259 g/mol. The predicted molar refractivity (Wildman–Crippen MR) is 73.0 cm³/mol. The van der Waals surface area contributed by atoms with E-state index in [1.807, 2.05) is 12.1 Å². The average Bonchev–Trinajstić information content (AvgIpc) is 2.45. The Balaban J connectivity index is 1.85. The topological polar surface area (TPSA) is 53.7 Å². The summed E-state index contributed by atoms with van der Waals surface area (Å²) in [4.78, 5) is 14.5. The second-order valence-corrected chi connectivity index (χ2v) is 5.09. The van der Waals surface area contributed by atoms with Gasteiger partial charge < -0.3 is 9.52 Å². The molecule has 1 N–H and O–H groups in total. The molecule has 0 spiro atoms. The molecule has 0 unspecified atom stereocenters. The summed E-state index contributed by atoms with van der Waals surface area (Å²) >= 11 is 0. The molecule has 19 heavy (non-hydrogen) atoms. The first-order valence-corrected chi connectivity index (χ1v) is 6.64. The van der Waals surface area contributed by atoms with E-state index in [2.05, 4.69) is 4.90 Å². The van der Waals surface area contributed by atoms with E-state index in [0.29, 0.717) is 23.1 Å². The molecule has 2 heterocycles. The zero-order chi connectivity index (χ0) is 13.2. The molecule has 0 radical (unpaired) electrons. The number of aliphatic hydroxyl groups is 1. The summed E-state index contributed by atoms with van der Waals surface area (Å²) in [5.41, 5.74) is 1.37. The van der Waals surface area contributed by atoms with Gasteiger partial charge in [0.1, 0.15) is 5.58 Å². The Hall–Kier alpha value is -1.65. The van der Waals surface area contributed by atoms with Crippen molar-refractivity contribution in [2.45, 2.75) is 25.5 Å². The lowest BCUT2D eigenvalue weighted by atomic mass is 10.1.